The highest BCUT2D eigenvalue weighted by Gasteiger charge is 2.34. The molecule has 0 aromatic carbocycles. The summed E-state index contributed by atoms with van der Waals surface area (Å²) in [5.74, 6) is 0.647. The van der Waals surface area contributed by atoms with Gasteiger partial charge in [-0.25, -0.2) is 14.8 Å². The van der Waals surface area contributed by atoms with Gasteiger partial charge in [0.05, 0.1) is 24.4 Å². The number of β-amino-alcohol motifs (C(OH)–C–C–N with tert-alkyl or cyclic N) is 1. The summed E-state index contributed by atoms with van der Waals surface area (Å²) < 4.78 is 0. The van der Waals surface area contributed by atoms with Crippen molar-refractivity contribution in [2.24, 2.45) is 0 Å². The first-order valence-electron chi connectivity index (χ1n) is 6.86. The first-order chi connectivity index (χ1) is 9.85. The van der Waals surface area contributed by atoms with Gasteiger partial charge >= 0.3 is 6.09 Å². The van der Waals surface area contributed by atoms with Gasteiger partial charge in [0.25, 0.3) is 0 Å². The van der Waals surface area contributed by atoms with Crippen molar-refractivity contribution in [1.29, 1.82) is 0 Å². The maximum absolute atomic E-state index is 11.1. The molecule has 3 rings (SSSR count). The molecule has 2 aliphatic heterocycles. The molecule has 1 fully saturated rings. The van der Waals surface area contributed by atoms with Gasteiger partial charge in [-0.3, -0.25) is 4.90 Å². The molecule has 0 unspecified atom stereocenters. The summed E-state index contributed by atoms with van der Waals surface area (Å²) in [6.45, 7) is 3.51. The Morgan fingerprint density at radius 2 is 2.14 bits per heavy atom. The zero-order chi connectivity index (χ0) is 15.2. The van der Waals surface area contributed by atoms with Crippen LogP contribution in [0.2, 0.25) is 5.28 Å². The predicted octanol–water partition coefficient (Wildman–Crippen LogP) is 1.47. The van der Waals surface area contributed by atoms with E-state index in [4.69, 9.17) is 16.7 Å². The Hall–Kier alpha value is -1.60. The van der Waals surface area contributed by atoms with Gasteiger partial charge < -0.3 is 15.1 Å². The van der Waals surface area contributed by atoms with Gasteiger partial charge in [-0.1, -0.05) is 0 Å². The average Bonchev–Trinajstić information content (AvgIpc) is 2.80. The number of aliphatic hydroxyl groups is 1. The molecule has 1 aromatic heterocycles. The van der Waals surface area contributed by atoms with E-state index in [1.807, 2.05) is 4.90 Å². The second kappa shape index (κ2) is 4.99. The number of amides is 1. The zero-order valence-electron chi connectivity index (χ0n) is 11.7. The van der Waals surface area contributed by atoms with E-state index in [-0.39, 0.29) is 18.4 Å². The van der Waals surface area contributed by atoms with Crippen LogP contribution >= 0.6 is 11.6 Å². The SMILES string of the molecule is C[C@]1(O)CCCN(c2nc(Cl)nc3c2CN(C(=O)O)C3)C1. The lowest BCUT2D eigenvalue weighted by atomic mass is 9.95. The Morgan fingerprint density at radius 1 is 1.38 bits per heavy atom. The third-order valence-corrected chi connectivity index (χ3v) is 4.15. The Kier molecular flexibility index (Phi) is 3.41. The van der Waals surface area contributed by atoms with Crippen molar-refractivity contribution in [3.05, 3.63) is 16.5 Å². The van der Waals surface area contributed by atoms with Crippen molar-refractivity contribution in [2.45, 2.75) is 38.5 Å². The Balaban J connectivity index is 1.95. The molecule has 0 aliphatic carbocycles. The van der Waals surface area contributed by atoms with E-state index in [0.717, 1.165) is 24.9 Å². The summed E-state index contributed by atoms with van der Waals surface area (Å²) in [5, 5.41) is 19.5. The summed E-state index contributed by atoms with van der Waals surface area (Å²) in [4.78, 5) is 22.8. The minimum absolute atomic E-state index is 0.112. The van der Waals surface area contributed by atoms with Gasteiger partial charge in [0.15, 0.2) is 0 Å². The van der Waals surface area contributed by atoms with E-state index in [2.05, 4.69) is 9.97 Å². The minimum Gasteiger partial charge on any atom is -0.465 e. The molecule has 114 valence electrons. The van der Waals surface area contributed by atoms with Crippen LogP contribution in [0.25, 0.3) is 0 Å². The molecule has 1 atom stereocenters. The molecule has 1 aromatic rings. The lowest BCUT2D eigenvalue weighted by Crippen LogP contribution is -2.46. The monoisotopic (exact) mass is 312 g/mol. The van der Waals surface area contributed by atoms with Crippen molar-refractivity contribution in [1.82, 2.24) is 14.9 Å². The summed E-state index contributed by atoms with van der Waals surface area (Å²) in [7, 11) is 0. The fraction of sp³-hybridized carbons (Fsp3) is 0.615. The van der Waals surface area contributed by atoms with E-state index in [9.17, 15) is 9.90 Å². The first kappa shape index (κ1) is 14.3. The molecule has 1 saturated heterocycles. The highest BCUT2D eigenvalue weighted by molar-refractivity contribution is 6.28. The number of nitrogens with zero attached hydrogens (tertiary/aromatic N) is 4. The largest absolute Gasteiger partial charge is 0.465 e. The number of carbonyl (C=O) groups is 1. The van der Waals surface area contributed by atoms with E-state index in [1.165, 1.54) is 4.90 Å². The quantitative estimate of drug-likeness (QED) is 0.763. The van der Waals surface area contributed by atoms with Crippen molar-refractivity contribution in [2.75, 3.05) is 18.0 Å². The first-order valence-corrected chi connectivity index (χ1v) is 7.24. The van der Waals surface area contributed by atoms with Gasteiger partial charge in [0.2, 0.25) is 5.28 Å². The summed E-state index contributed by atoms with van der Waals surface area (Å²) in [6.07, 6.45) is 0.610. The smallest absolute Gasteiger partial charge is 0.407 e. The van der Waals surface area contributed by atoms with Gasteiger partial charge in [0, 0.05) is 18.7 Å². The van der Waals surface area contributed by atoms with Gasteiger partial charge in [-0.15, -0.1) is 0 Å². The lowest BCUT2D eigenvalue weighted by molar-refractivity contribution is 0.0446. The molecule has 0 spiro atoms. The van der Waals surface area contributed by atoms with E-state index < -0.39 is 11.7 Å². The third kappa shape index (κ3) is 2.75. The van der Waals surface area contributed by atoms with E-state index in [0.29, 0.717) is 18.1 Å². The fourth-order valence-corrected chi connectivity index (χ4v) is 3.19. The van der Waals surface area contributed by atoms with Crippen molar-refractivity contribution in [3.8, 4) is 0 Å². The average molecular weight is 313 g/mol. The van der Waals surface area contributed by atoms with Gasteiger partial charge in [0.1, 0.15) is 5.82 Å². The number of anilines is 1. The number of halogens is 1. The number of rotatable bonds is 1. The number of piperidine rings is 1. The van der Waals surface area contributed by atoms with Crippen LogP contribution in [0.3, 0.4) is 0 Å². The molecular formula is C13H17ClN4O3. The van der Waals surface area contributed by atoms with Crippen molar-refractivity contribution >= 4 is 23.5 Å². The summed E-state index contributed by atoms with van der Waals surface area (Å²) >= 11 is 5.97. The Bertz CT molecular complexity index is 593. The highest BCUT2D eigenvalue weighted by Crippen LogP contribution is 2.33. The second-order valence-electron chi connectivity index (χ2n) is 5.90. The maximum atomic E-state index is 11.1. The molecule has 21 heavy (non-hydrogen) atoms. The number of hydrogen-bond donors (Lipinski definition) is 2. The number of hydrogen-bond acceptors (Lipinski definition) is 5. The lowest BCUT2D eigenvalue weighted by Gasteiger charge is -2.38. The number of fused-ring (bicyclic) bond motifs is 1. The predicted molar refractivity (Wildman–Crippen MR) is 76.4 cm³/mol. The second-order valence-corrected chi connectivity index (χ2v) is 6.24. The summed E-state index contributed by atoms with van der Waals surface area (Å²) in [6, 6.07) is 0. The molecule has 0 saturated carbocycles. The van der Waals surface area contributed by atoms with Crippen LogP contribution in [0, 0.1) is 0 Å². The standard InChI is InChI=1S/C13H17ClN4O3/c1-13(21)3-2-4-17(7-13)10-8-5-18(12(19)20)6-9(8)15-11(14)16-10/h21H,2-7H2,1H3,(H,19,20)/t13-/m0/s1. The normalized spacial score (nSPS) is 25.1. The number of carboxylic acid groups (broad SMARTS) is 1. The Labute approximate surface area is 127 Å². The minimum atomic E-state index is -0.985. The van der Waals surface area contributed by atoms with Crippen LogP contribution in [0.5, 0.6) is 0 Å². The van der Waals surface area contributed by atoms with E-state index in [1.54, 1.807) is 6.92 Å². The topological polar surface area (TPSA) is 89.8 Å². The molecule has 3 heterocycles. The zero-order valence-corrected chi connectivity index (χ0v) is 12.5. The van der Waals surface area contributed by atoms with Crippen molar-refractivity contribution < 1.29 is 15.0 Å². The highest BCUT2D eigenvalue weighted by atomic mass is 35.5. The van der Waals surface area contributed by atoms with Crippen LogP contribution in [-0.4, -0.2) is 49.9 Å². The van der Waals surface area contributed by atoms with Crippen LogP contribution in [0.1, 0.15) is 31.0 Å². The van der Waals surface area contributed by atoms with Crippen LogP contribution in [-0.2, 0) is 13.1 Å². The third-order valence-electron chi connectivity index (χ3n) is 3.98. The Morgan fingerprint density at radius 3 is 2.81 bits per heavy atom. The molecule has 0 radical (unpaired) electrons. The fourth-order valence-electron chi connectivity index (χ4n) is 3.01. The van der Waals surface area contributed by atoms with Crippen molar-refractivity contribution in [3.63, 3.8) is 0 Å². The molecule has 8 heteroatoms. The van der Waals surface area contributed by atoms with Crippen LogP contribution < -0.4 is 4.90 Å². The van der Waals surface area contributed by atoms with E-state index >= 15 is 0 Å². The molecule has 2 aliphatic rings. The molecule has 1 amide bonds. The summed E-state index contributed by atoms with van der Waals surface area (Å²) in [5.41, 5.74) is 0.672. The molecule has 0 bridgehead atoms. The molecular weight excluding hydrogens is 296 g/mol. The van der Waals surface area contributed by atoms with Gasteiger partial charge in [-0.2, -0.15) is 0 Å². The van der Waals surface area contributed by atoms with Crippen LogP contribution in [0.4, 0.5) is 10.6 Å². The maximum Gasteiger partial charge on any atom is 0.407 e. The van der Waals surface area contributed by atoms with Gasteiger partial charge in [-0.05, 0) is 31.4 Å². The molecule has 2 N–H and O–H groups in total. The van der Waals surface area contributed by atoms with Crippen LogP contribution in [0.15, 0.2) is 0 Å². The number of aromatic nitrogens is 2. The molecule has 7 nitrogen and oxygen atoms in total.